The van der Waals surface area contributed by atoms with Crippen molar-refractivity contribution < 1.29 is 19.0 Å². The Morgan fingerprint density at radius 3 is 2.94 bits per heavy atom. The van der Waals surface area contributed by atoms with E-state index < -0.39 is 11.9 Å². The number of aliphatic hydroxyl groups is 1. The number of aliphatic hydroxyl groups excluding tert-OH is 1. The first-order valence-corrected chi connectivity index (χ1v) is 5.92. The molecule has 1 aromatic carbocycles. The zero-order valence-electron chi connectivity index (χ0n) is 10.2. The molecule has 0 radical (unpaired) electrons. The molecule has 18 heavy (non-hydrogen) atoms. The highest BCUT2D eigenvalue weighted by molar-refractivity contribution is 5.81. The zero-order valence-corrected chi connectivity index (χ0v) is 10.2. The summed E-state index contributed by atoms with van der Waals surface area (Å²) < 4.78 is 18.3. The fourth-order valence-corrected chi connectivity index (χ4v) is 1.92. The van der Waals surface area contributed by atoms with Crippen LogP contribution in [0.4, 0.5) is 4.39 Å². The molecule has 1 heterocycles. The zero-order chi connectivity index (χ0) is 13.1. The molecule has 0 aromatic heterocycles. The number of hydrogen-bond donors (Lipinski definition) is 1. The van der Waals surface area contributed by atoms with Gasteiger partial charge in [0.25, 0.3) is 5.91 Å². The molecule has 0 saturated carbocycles. The van der Waals surface area contributed by atoms with Crippen LogP contribution >= 0.6 is 0 Å². The summed E-state index contributed by atoms with van der Waals surface area (Å²) in [5, 5.41) is 8.88. The highest BCUT2D eigenvalue weighted by atomic mass is 19.1. The Labute approximate surface area is 105 Å². The molecule has 1 saturated heterocycles. The molecule has 0 bridgehead atoms. The lowest BCUT2D eigenvalue weighted by molar-refractivity contribution is -0.145. The van der Waals surface area contributed by atoms with Crippen molar-refractivity contribution in [3.63, 3.8) is 0 Å². The van der Waals surface area contributed by atoms with Crippen molar-refractivity contribution in [2.75, 3.05) is 19.7 Å². The molecule has 1 unspecified atom stereocenters. The van der Waals surface area contributed by atoms with E-state index >= 15 is 0 Å². The van der Waals surface area contributed by atoms with Crippen LogP contribution in [-0.2, 0) is 4.79 Å². The van der Waals surface area contributed by atoms with E-state index in [1.54, 1.807) is 17.9 Å². The maximum Gasteiger partial charge on any atom is 0.263 e. The second-order valence-electron chi connectivity index (χ2n) is 4.51. The smallest absolute Gasteiger partial charge is 0.263 e. The molecule has 98 valence electrons. The minimum absolute atomic E-state index is 0.100. The van der Waals surface area contributed by atoms with Crippen LogP contribution in [0.1, 0.15) is 6.92 Å². The first kappa shape index (κ1) is 12.8. The van der Waals surface area contributed by atoms with Gasteiger partial charge in [0.1, 0.15) is 11.6 Å². The molecular formula is C13H16FNO3. The summed E-state index contributed by atoms with van der Waals surface area (Å²) in [4.78, 5) is 13.5. The molecule has 0 aliphatic carbocycles. The second kappa shape index (κ2) is 5.35. The maximum atomic E-state index is 12.9. The molecule has 2 rings (SSSR count). The molecule has 1 aliphatic heterocycles. The van der Waals surface area contributed by atoms with E-state index in [4.69, 9.17) is 9.84 Å². The third-order valence-electron chi connectivity index (χ3n) is 2.98. The van der Waals surface area contributed by atoms with Crippen LogP contribution in [-0.4, -0.2) is 41.7 Å². The van der Waals surface area contributed by atoms with Crippen LogP contribution < -0.4 is 4.74 Å². The Bertz CT molecular complexity index is 432. The van der Waals surface area contributed by atoms with E-state index in [-0.39, 0.29) is 18.4 Å². The van der Waals surface area contributed by atoms with Gasteiger partial charge in [0.2, 0.25) is 0 Å². The maximum absolute atomic E-state index is 12.9. The Morgan fingerprint density at radius 2 is 2.33 bits per heavy atom. The van der Waals surface area contributed by atoms with Crippen LogP contribution in [0.2, 0.25) is 0 Å². The van der Waals surface area contributed by atoms with Gasteiger partial charge in [0.05, 0.1) is 0 Å². The molecule has 1 aliphatic rings. The van der Waals surface area contributed by atoms with Crippen LogP contribution in [0, 0.1) is 11.7 Å². The van der Waals surface area contributed by atoms with Crippen molar-refractivity contribution in [2.45, 2.75) is 13.0 Å². The Kier molecular flexibility index (Phi) is 3.81. The number of carbonyl (C=O) groups excluding carboxylic acids is 1. The largest absolute Gasteiger partial charge is 0.481 e. The van der Waals surface area contributed by atoms with Gasteiger partial charge in [-0.15, -0.1) is 0 Å². The SMILES string of the molecule is CC(Oc1cccc(F)c1)C(=O)N1CC(CO)C1. The Morgan fingerprint density at radius 1 is 1.61 bits per heavy atom. The first-order valence-electron chi connectivity index (χ1n) is 5.92. The number of carbonyl (C=O) groups is 1. The van der Waals surface area contributed by atoms with Gasteiger partial charge in [-0.25, -0.2) is 4.39 Å². The molecule has 1 amide bonds. The normalized spacial score (nSPS) is 17.2. The summed E-state index contributed by atoms with van der Waals surface area (Å²) in [5.41, 5.74) is 0. The van der Waals surface area contributed by atoms with Crippen LogP contribution in [0.15, 0.2) is 24.3 Å². The van der Waals surface area contributed by atoms with Crippen LogP contribution in [0.5, 0.6) is 5.75 Å². The molecule has 0 spiro atoms. The summed E-state index contributed by atoms with van der Waals surface area (Å²) in [6.45, 7) is 2.86. The minimum Gasteiger partial charge on any atom is -0.481 e. The minimum atomic E-state index is -0.647. The summed E-state index contributed by atoms with van der Waals surface area (Å²) in [5.74, 6) is -0.00851. The average Bonchev–Trinajstić information content (AvgIpc) is 2.27. The topological polar surface area (TPSA) is 49.8 Å². The summed E-state index contributed by atoms with van der Waals surface area (Å²) >= 11 is 0. The van der Waals surface area contributed by atoms with Gasteiger partial charge in [0, 0.05) is 31.7 Å². The van der Waals surface area contributed by atoms with E-state index in [1.807, 2.05) is 0 Å². The van der Waals surface area contributed by atoms with Gasteiger partial charge in [-0.1, -0.05) is 6.07 Å². The molecule has 4 nitrogen and oxygen atoms in total. The second-order valence-corrected chi connectivity index (χ2v) is 4.51. The van der Waals surface area contributed by atoms with Crippen molar-refractivity contribution >= 4 is 5.91 Å². The summed E-state index contributed by atoms with van der Waals surface area (Å²) in [7, 11) is 0. The lowest BCUT2D eigenvalue weighted by Gasteiger charge is -2.39. The lowest BCUT2D eigenvalue weighted by Crippen LogP contribution is -2.54. The average molecular weight is 253 g/mol. The van der Waals surface area contributed by atoms with Crippen molar-refractivity contribution in [3.05, 3.63) is 30.1 Å². The van der Waals surface area contributed by atoms with Crippen LogP contribution in [0.3, 0.4) is 0 Å². The van der Waals surface area contributed by atoms with E-state index in [9.17, 15) is 9.18 Å². The number of benzene rings is 1. The number of hydrogen-bond acceptors (Lipinski definition) is 3. The van der Waals surface area contributed by atoms with E-state index in [1.165, 1.54) is 18.2 Å². The highest BCUT2D eigenvalue weighted by Crippen LogP contribution is 2.19. The molecule has 1 atom stereocenters. The third-order valence-corrected chi connectivity index (χ3v) is 2.98. The Hall–Kier alpha value is -1.62. The monoisotopic (exact) mass is 253 g/mol. The molecule has 1 aromatic rings. The fourth-order valence-electron chi connectivity index (χ4n) is 1.92. The van der Waals surface area contributed by atoms with Crippen LogP contribution in [0.25, 0.3) is 0 Å². The molecule has 5 heteroatoms. The van der Waals surface area contributed by atoms with Gasteiger partial charge in [-0.05, 0) is 19.1 Å². The number of ether oxygens (including phenoxy) is 1. The molecule has 1 N–H and O–H groups in total. The van der Waals surface area contributed by atoms with Crippen molar-refractivity contribution in [1.29, 1.82) is 0 Å². The van der Waals surface area contributed by atoms with Gasteiger partial charge in [-0.3, -0.25) is 4.79 Å². The highest BCUT2D eigenvalue weighted by Gasteiger charge is 2.33. The van der Waals surface area contributed by atoms with Crippen molar-refractivity contribution in [3.8, 4) is 5.75 Å². The molecular weight excluding hydrogens is 237 g/mol. The van der Waals surface area contributed by atoms with E-state index in [0.29, 0.717) is 18.8 Å². The number of amides is 1. The first-order chi connectivity index (χ1) is 8.60. The predicted molar refractivity (Wildman–Crippen MR) is 63.6 cm³/mol. The van der Waals surface area contributed by atoms with E-state index in [0.717, 1.165) is 0 Å². The Balaban J connectivity index is 1.88. The van der Waals surface area contributed by atoms with Gasteiger partial charge < -0.3 is 14.7 Å². The fraction of sp³-hybridized carbons (Fsp3) is 0.462. The number of likely N-dealkylation sites (tertiary alicyclic amines) is 1. The van der Waals surface area contributed by atoms with Gasteiger partial charge in [-0.2, -0.15) is 0 Å². The number of halogens is 1. The predicted octanol–water partition coefficient (Wildman–Crippen LogP) is 1.04. The van der Waals surface area contributed by atoms with Crippen molar-refractivity contribution in [1.82, 2.24) is 4.90 Å². The number of nitrogens with zero attached hydrogens (tertiary/aromatic N) is 1. The lowest BCUT2D eigenvalue weighted by atomic mass is 10.0. The quantitative estimate of drug-likeness (QED) is 0.872. The third kappa shape index (κ3) is 2.79. The standard InChI is InChI=1S/C13H16FNO3/c1-9(13(17)15-6-10(7-15)8-16)18-12-4-2-3-11(14)5-12/h2-5,9-10,16H,6-8H2,1H3. The van der Waals surface area contributed by atoms with Gasteiger partial charge >= 0.3 is 0 Å². The summed E-state index contributed by atoms with van der Waals surface area (Å²) in [6, 6.07) is 5.71. The van der Waals surface area contributed by atoms with E-state index in [2.05, 4.69) is 0 Å². The number of rotatable bonds is 4. The molecule has 1 fully saturated rings. The van der Waals surface area contributed by atoms with Crippen molar-refractivity contribution in [2.24, 2.45) is 5.92 Å². The van der Waals surface area contributed by atoms with Gasteiger partial charge in [0.15, 0.2) is 6.10 Å². The summed E-state index contributed by atoms with van der Waals surface area (Å²) in [6.07, 6.45) is -0.647.